The van der Waals surface area contributed by atoms with Crippen molar-refractivity contribution in [2.45, 2.75) is 45.1 Å². The molecule has 0 saturated heterocycles. The third kappa shape index (κ3) is 3.98. The summed E-state index contributed by atoms with van der Waals surface area (Å²) < 4.78 is 10.2. The van der Waals surface area contributed by atoms with Gasteiger partial charge in [-0.25, -0.2) is 9.78 Å². The highest BCUT2D eigenvalue weighted by Gasteiger charge is 2.36. The van der Waals surface area contributed by atoms with Gasteiger partial charge in [-0.05, 0) is 61.6 Å². The van der Waals surface area contributed by atoms with Crippen LogP contribution in [0.5, 0.6) is 5.88 Å². The van der Waals surface area contributed by atoms with Gasteiger partial charge in [0.1, 0.15) is 5.56 Å². The molecule has 31 heavy (non-hydrogen) atoms. The number of pyridine rings is 1. The number of benzene rings is 1. The standard InChI is InChI=1S/C24H26N4O3/c1-15-12-18(9-8-17(15)14-25)28-22(16-6-4-5-7-16)13-21(27-28)20-11-10-19(24(29)31-3)23(26-20)30-2/h8-12,16,22H,4-7,13H2,1-3H3/t22-/m1/s1. The zero-order valence-electron chi connectivity index (χ0n) is 18.1. The minimum absolute atomic E-state index is 0.233. The van der Waals surface area contributed by atoms with E-state index in [0.717, 1.165) is 23.4 Å². The van der Waals surface area contributed by atoms with Gasteiger partial charge in [0.25, 0.3) is 0 Å². The second-order valence-corrected chi connectivity index (χ2v) is 8.06. The number of methoxy groups -OCH3 is 2. The largest absolute Gasteiger partial charge is 0.480 e. The van der Waals surface area contributed by atoms with E-state index < -0.39 is 5.97 Å². The first-order valence-electron chi connectivity index (χ1n) is 10.6. The van der Waals surface area contributed by atoms with E-state index in [1.807, 2.05) is 25.1 Å². The number of nitriles is 1. The minimum atomic E-state index is -0.484. The van der Waals surface area contributed by atoms with E-state index in [0.29, 0.717) is 22.7 Å². The molecule has 1 aromatic carbocycles. The van der Waals surface area contributed by atoms with E-state index in [1.165, 1.54) is 39.9 Å². The molecule has 1 saturated carbocycles. The Morgan fingerprint density at radius 3 is 2.61 bits per heavy atom. The lowest BCUT2D eigenvalue weighted by molar-refractivity contribution is 0.0596. The second-order valence-electron chi connectivity index (χ2n) is 8.06. The number of carbonyl (C=O) groups excluding carboxylic acids is 1. The van der Waals surface area contributed by atoms with Crippen molar-refractivity contribution in [3.8, 4) is 11.9 Å². The average Bonchev–Trinajstić information content (AvgIpc) is 3.48. The Hall–Kier alpha value is -3.40. The number of ether oxygens (including phenoxy) is 2. The van der Waals surface area contributed by atoms with Crippen molar-refractivity contribution in [2.75, 3.05) is 19.2 Å². The van der Waals surface area contributed by atoms with E-state index in [1.54, 1.807) is 12.1 Å². The van der Waals surface area contributed by atoms with Crippen LogP contribution in [0.4, 0.5) is 5.69 Å². The number of nitrogens with zero attached hydrogens (tertiary/aromatic N) is 4. The maximum absolute atomic E-state index is 12.0. The molecule has 7 heteroatoms. The summed E-state index contributed by atoms with van der Waals surface area (Å²) >= 11 is 0. The first-order chi connectivity index (χ1) is 15.0. The van der Waals surface area contributed by atoms with Crippen molar-refractivity contribution in [3.05, 3.63) is 52.7 Å². The van der Waals surface area contributed by atoms with Crippen molar-refractivity contribution >= 4 is 17.4 Å². The molecule has 0 bridgehead atoms. The smallest absolute Gasteiger partial charge is 0.343 e. The van der Waals surface area contributed by atoms with Crippen LogP contribution in [-0.4, -0.2) is 36.9 Å². The van der Waals surface area contributed by atoms with Crippen LogP contribution in [0.1, 0.15) is 59.3 Å². The van der Waals surface area contributed by atoms with E-state index in [2.05, 4.69) is 16.1 Å². The molecule has 1 aliphatic heterocycles. The van der Waals surface area contributed by atoms with Gasteiger partial charge in [-0.2, -0.15) is 10.4 Å². The van der Waals surface area contributed by atoms with Gasteiger partial charge in [-0.1, -0.05) is 12.8 Å². The highest BCUT2D eigenvalue weighted by molar-refractivity contribution is 6.02. The summed E-state index contributed by atoms with van der Waals surface area (Å²) in [6, 6.07) is 11.8. The number of hydrogen-bond acceptors (Lipinski definition) is 7. The van der Waals surface area contributed by atoms with Crippen LogP contribution in [0.15, 0.2) is 35.4 Å². The molecule has 1 fully saturated rings. The topological polar surface area (TPSA) is 87.8 Å². The quantitative estimate of drug-likeness (QED) is 0.675. The monoisotopic (exact) mass is 418 g/mol. The van der Waals surface area contributed by atoms with Gasteiger partial charge in [-0.15, -0.1) is 0 Å². The Kier molecular flexibility index (Phi) is 5.90. The molecule has 0 spiro atoms. The molecule has 1 atom stereocenters. The Labute approximate surface area is 182 Å². The molecule has 0 amide bonds. The highest BCUT2D eigenvalue weighted by Crippen LogP contribution is 2.38. The van der Waals surface area contributed by atoms with Gasteiger partial charge in [-0.3, -0.25) is 5.01 Å². The fourth-order valence-electron chi connectivity index (χ4n) is 4.58. The molecule has 2 heterocycles. The molecular formula is C24H26N4O3. The lowest BCUT2D eigenvalue weighted by Crippen LogP contribution is -2.32. The van der Waals surface area contributed by atoms with Gasteiger partial charge >= 0.3 is 5.97 Å². The summed E-state index contributed by atoms with van der Waals surface area (Å²) in [6.45, 7) is 1.95. The average molecular weight is 418 g/mol. The molecule has 160 valence electrons. The van der Waals surface area contributed by atoms with Gasteiger partial charge in [0.05, 0.1) is 49.0 Å². The van der Waals surface area contributed by atoms with Gasteiger partial charge in [0.15, 0.2) is 0 Å². The van der Waals surface area contributed by atoms with E-state index >= 15 is 0 Å². The number of esters is 1. The molecule has 0 radical (unpaired) electrons. The van der Waals surface area contributed by atoms with Crippen molar-refractivity contribution in [1.82, 2.24) is 4.98 Å². The van der Waals surface area contributed by atoms with Crippen molar-refractivity contribution in [1.29, 1.82) is 5.26 Å². The van der Waals surface area contributed by atoms with Crippen LogP contribution in [-0.2, 0) is 4.74 Å². The van der Waals surface area contributed by atoms with Crippen LogP contribution < -0.4 is 9.75 Å². The summed E-state index contributed by atoms with van der Waals surface area (Å²) in [4.78, 5) is 16.5. The summed E-state index contributed by atoms with van der Waals surface area (Å²) in [7, 11) is 2.82. The third-order valence-electron chi connectivity index (χ3n) is 6.24. The predicted octanol–water partition coefficient (Wildman–Crippen LogP) is 4.23. The van der Waals surface area contributed by atoms with E-state index in [4.69, 9.17) is 14.6 Å². The fraction of sp³-hybridized carbons (Fsp3) is 0.417. The normalized spacial score (nSPS) is 18.6. The van der Waals surface area contributed by atoms with Crippen LogP contribution in [0.3, 0.4) is 0 Å². The zero-order valence-corrected chi connectivity index (χ0v) is 18.1. The van der Waals surface area contributed by atoms with E-state index in [-0.39, 0.29) is 11.9 Å². The van der Waals surface area contributed by atoms with Crippen molar-refractivity contribution in [2.24, 2.45) is 11.0 Å². The summed E-state index contributed by atoms with van der Waals surface area (Å²) in [5.74, 6) is 0.313. The van der Waals surface area contributed by atoms with Crippen LogP contribution in [0, 0.1) is 24.2 Å². The number of hydrogen-bond donors (Lipinski definition) is 0. The third-order valence-corrected chi connectivity index (χ3v) is 6.24. The van der Waals surface area contributed by atoms with Gasteiger partial charge < -0.3 is 9.47 Å². The summed E-state index contributed by atoms with van der Waals surface area (Å²) in [5.41, 5.74) is 4.46. The van der Waals surface area contributed by atoms with Crippen LogP contribution in [0.25, 0.3) is 0 Å². The fourth-order valence-corrected chi connectivity index (χ4v) is 4.58. The number of hydrazone groups is 1. The minimum Gasteiger partial charge on any atom is -0.480 e. The highest BCUT2D eigenvalue weighted by atomic mass is 16.5. The lowest BCUT2D eigenvalue weighted by Gasteiger charge is -2.28. The molecule has 1 aliphatic carbocycles. The number of rotatable bonds is 5. The molecular weight excluding hydrogens is 392 g/mol. The first-order valence-corrected chi connectivity index (χ1v) is 10.6. The lowest BCUT2D eigenvalue weighted by atomic mass is 9.92. The maximum Gasteiger partial charge on any atom is 0.343 e. The van der Waals surface area contributed by atoms with Gasteiger partial charge in [0, 0.05) is 6.42 Å². The molecule has 4 rings (SSSR count). The molecule has 2 aliphatic rings. The van der Waals surface area contributed by atoms with Gasteiger partial charge in [0.2, 0.25) is 5.88 Å². The summed E-state index contributed by atoms with van der Waals surface area (Å²) in [6.07, 6.45) is 5.65. The molecule has 0 N–H and O–H groups in total. The zero-order chi connectivity index (χ0) is 22.0. The number of aryl methyl sites for hydroxylation is 1. The molecule has 7 nitrogen and oxygen atoms in total. The Morgan fingerprint density at radius 2 is 1.97 bits per heavy atom. The number of carbonyl (C=O) groups is 1. The predicted molar refractivity (Wildman–Crippen MR) is 117 cm³/mol. The molecule has 2 aromatic rings. The Balaban J connectivity index is 1.71. The van der Waals surface area contributed by atoms with Crippen molar-refractivity contribution in [3.63, 3.8) is 0 Å². The number of anilines is 1. The van der Waals surface area contributed by atoms with Crippen molar-refractivity contribution < 1.29 is 14.3 Å². The number of aromatic nitrogens is 1. The SMILES string of the molecule is COC(=O)c1ccc(C2=NN(c3ccc(C#N)c(C)c3)[C@@H](C3CCCC3)C2)nc1OC. The van der Waals surface area contributed by atoms with Crippen LogP contribution >= 0.6 is 0 Å². The Bertz CT molecular complexity index is 1070. The molecule has 0 unspecified atom stereocenters. The van der Waals surface area contributed by atoms with E-state index in [9.17, 15) is 10.1 Å². The van der Waals surface area contributed by atoms with Crippen LogP contribution in [0.2, 0.25) is 0 Å². The Morgan fingerprint density at radius 1 is 1.19 bits per heavy atom. The second kappa shape index (κ2) is 8.76. The summed E-state index contributed by atoms with van der Waals surface area (Å²) in [5, 5.41) is 16.3. The molecule has 1 aromatic heterocycles. The maximum atomic E-state index is 12.0. The first kappa shape index (κ1) is 20.9.